The molecule has 162 valence electrons. The summed E-state index contributed by atoms with van der Waals surface area (Å²) in [4.78, 5) is 23.1. The second kappa shape index (κ2) is 15.1. The standard InChI is InChI=1S/C22H38O5S/c1-2-3-6-9-17(24)12-13-19-18(10-7-4-5-8-11-22(26)27)20(25)16-21(19)28-15-14-23/h12-13,17-19,21,23-24H,2-11,14-16H2,1H3,(H,26,27)/b13-12+/t17-,18+,19+,21?/m0/s1. The molecule has 1 fully saturated rings. The lowest BCUT2D eigenvalue weighted by atomic mass is 9.89. The van der Waals surface area contributed by atoms with E-state index in [0.717, 1.165) is 51.4 Å². The first kappa shape index (κ1) is 25.2. The molecule has 6 heteroatoms. The molecule has 4 atom stereocenters. The number of rotatable bonds is 16. The molecule has 3 N–H and O–H groups in total. The topological polar surface area (TPSA) is 94.8 Å². The first-order chi connectivity index (χ1) is 13.5. The molecule has 0 radical (unpaired) electrons. The number of hydrogen-bond acceptors (Lipinski definition) is 5. The lowest BCUT2D eigenvalue weighted by molar-refractivity contribution is -0.137. The van der Waals surface area contributed by atoms with Gasteiger partial charge in [0.15, 0.2) is 0 Å². The van der Waals surface area contributed by atoms with E-state index in [4.69, 9.17) is 10.2 Å². The Kier molecular flexibility index (Phi) is 13.5. The highest BCUT2D eigenvalue weighted by atomic mass is 32.2. The average molecular weight is 415 g/mol. The Morgan fingerprint density at radius 1 is 1.21 bits per heavy atom. The zero-order valence-electron chi connectivity index (χ0n) is 17.2. The van der Waals surface area contributed by atoms with Gasteiger partial charge in [-0.2, -0.15) is 11.8 Å². The number of aliphatic carboxylic acids is 1. The first-order valence-electron chi connectivity index (χ1n) is 10.8. The van der Waals surface area contributed by atoms with Crippen LogP contribution >= 0.6 is 11.8 Å². The molecule has 0 aromatic heterocycles. The summed E-state index contributed by atoms with van der Waals surface area (Å²) in [7, 11) is 0. The van der Waals surface area contributed by atoms with Crippen LogP contribution in [0.3, 0.4) is 0 Å². The Morgan fingerprint density at radius 3 is 2.64 bits per heavy atom. The summed E-state index contributed by atoms with van der Waals surface area (Å²) >= 11 is 1.65. The zero-order valence-corrected chi connectivity index (χ0v) is 18.0. The van der Waals surface area contributed by atoms with Gasteiger partial charge in [-0.25, -0.2) is 0 Å². The molecule has 0 heterocycles. The van der Waals surface area contributed by atoms with Gasteiger partial charge in [0.25, 0.3) is 0 Å². The lowest BCUT2D eigenvalue weighted by Gasteiger charge is -2.21. The third-order valence-corrected chi connectivity index (χ3v) is 6.78. The molecule has 0 aromatic rings. The number of ketones is 1. The number of Topliss-reactive ketones (excluding diaryl/α,β-unsaturated/α-hetero) is 1. The minimum absolute atomic E-state index is 0.0187. The molecule has 0 spiro atoms. The maximum Gasteiger partial charge on any atom is 0.303 e. The van der Waals surface area contributed by atoms with Gasteiger partial charge in [-0.1, -0.05) is 57.6 Å². The van der Waals surface area contributed by atoms with Crippen molar-refractivity contribution in [1.29, 1.82) is 0 Å². The number of carboxylic acids is 1. The van der Waals surface area contributed by atoms with E-state index in [1.807, 2.05) is 12.2 Å². The number of aliphatic hydroxyl groups excluding tert-OH is 2. The molecular weight excluding hydrogens is 376 g/mol. The van der Waals surface area contributed by atoms with Crippen molar-refractivity contribution in [3.63, 3.8) is 0 Å². The monoisotopic (exact) mass is 414 g/mol. The van der Waals surface area contributed by atoms with Gasteiger partial charge in [0, 0.05) is 29.8 Å². The normalized spacial score (nSPS) is 23.5. The van der Waals surface area contributed by atoms with E-state index in [9.17, 15) is 14.7 Å². The Morgan fingerprint density at radius 2 is 1.96 bits per heavy atom. The predicted molar refractivity (Wildman–Crippen MR) is 115 cm³/mol. The molecule has 28 heavy (non-hydrogen) atoms. The quantitative estimate of drug-likeness (QED) is 0.259. The maximum atomic E-state index is 12.6. The minimum Gasteiger partial charge on any atom is -0.481 e. The maximum absolute atomic E-state index is 12.6. The fraction of sp³-hybridized carbons (Fsp3) is 0.818. The largest absolute Gasteiger partial charge is 0.481 e. The number of carbonyl (C=O) groups is 2. The van der Waals surface area contributed by atoms with Crippen LogP contribution in [-0.4, -0.2) is 50.8 Å². The summed E-state index contributed by atoms with van der Waals surface area (Å²) in [5.74, 6) is 0.260. The summed E-state index contributed by atoms with van der Waals surface area (Å²) in [6.45, 7) is 2.25. The number of aliphatic hydroxyl groups is 2. The van der Waals surface area contributed by atoms with Crippen LogP contribution < -0.4 is 0 Å². The zero-order chi connectivity index (χ0) is 20.8. The summed E-state index contributed by atoms with van der Waals surface area (Å²) in [5.41, 5.74) is 0. The molecule has 0 bridgehead atoms. The number of allylic oxidation sites excluding steroid dienone is 1. The van der Waals surface area contributed by atoms with Gasteiger partial charge in [0.05, 0.1) is 12.7 Å². The first-order valence-corrected chi connectivity index (χ1v) is 11.9. The van der Waals surface area contributed by atoms with Gasteiger partial charge in [-0.3, -0.25) is 9.59 Å². The molecule has 1 aliphatic rings. The van der Waals surface area contributed by atoms with Crippen LogP contribution in [0.2, 0.25) is 0 Å². The van der Waals surface area contributed by atoms with Crippen LogP contribution in [0.25, 0.3) is 0 Å². The van der Waals surface area contributed by atoms with Crippen molar-refractivity contribution in [3.8, 4) is 0 Å². The number of thioether (sulfide) groups is 1. The van der Waals surface area contributed by atoms with Gasteiger partial charge >= 0.3 is 5.97 Å². The van der Waals surface area contributed by atoms with E-state index < -0.39 is 12.1 Å². The number of unbranched alkanes of at least 4 members (excludes halogenated alkanes) is 5. The lowest BCUT2D eigenvalue weighted by Crippen LogP contribution is -2.18. The number of carboxylic acid groups (broad SMARTS) is 1. The van der Waals surface area contributed by atoms with Crippen molar-refractivity contribution in [2.45, 2.75) is 88.9 Å². The Hall–Kier alpha value is -0.850. The molecule has 5 nitrogen and oxygen atoms in total. The second-order valence-corrected chi connectivity index (χ2v) is 9.13. The van der Waals surface area contributed by atoms with Crippen molar-refractivity contribution in [1.82, 2.24) is 0 Å². The van der Waals surface area contributed by atoms with Gasteiger partial charge < -0.3 is 15.3 Å². The van der Waals surface area contributed by atoms with Gasteiger partial charge in [0.1, 0.15) is 5.78 Å². The predicted octanol–water partition coefficient (Wildman–Crippen LogP) is 4.21. The molecule has 0 amide bonds. The van der Waals surface area contributed by atoms with E-state index in [1.54, 1.807) is 11.8 Å². The highest BCUT2D eigenvalue weighted by molar-refractivity contribution is 8.00. The van der Waals surface area contributed by atoms with Crippen LogP contribution in [0.1, 0.15) is 77.6 Å². The summed E-state index contributed by atoms with van der Waals surface area (Å²) in [6, 6.07) is 0. The highest BCUT2D eigenvalue weighted by Crippen LogP contribution is 2.40. The van der Waals surface area contributed by atoms with Crippen molar-refractivity contribution in [2.75, 3.05) is 12.4 Å². The smallest absolute Gasteiger partial charge is 0.303 e. The van der Waals surface area contributed by atoms with Crippen molar-refractivity contribution < 1.29 is 24.9 Å². The van der Waals surface area contributed by atoms with Gasteiger partial charge in [-0.05, 0) is 25.2 Å². The van der Waals surface area contributed by atoms with Crippen LogP contribution in [0.4, 0.5) is 0 Å². The molecule has 0 aliphatic heterocycles. The van der Waals surface area contributed by atoms with Crippen molar-refractivity contribution >= 4 is 23.5 Å². The Bertz CT molecular complexity index is 480. The van der Waals surface area contributed by atoms with Crippen molar-refractivity contribution in [3.05, 3.63) is 12.2 Å². The van der Waals surface area contributed by atoms with Gasteiger partial charge in [-0.15, -0.1) is 0 Å². The summed E-state index contributed by atoms with van der Waals surface area (Å²) in [6.07, 6.45) is 12.5. The highest BCUT2D eigenvalue weighted by Gasteiger charge is 2.40. The summed E-state index contributed by atoms with van der Waals surface area (Å²) < 4.78 is 0. The van der Waals surface area contributed by atoms with E-state index in [2.05, 4.69) is 6.92 Å². The third-order valence-electron chi connectivity index (χ3n) is 5.45. The van der Waals surface area contributed by atoms with Crippen molar-refractivity contribution in [2.24, 2.45) is 11.8 Å². The third kappa shape index (κ3) is 10.1. The SMILES string of the molecule is CCCCC[C@H](O)/C=C/[C@H]1C(SCCO)CC(=O)[C@@H]1CCCCCCC(=O)O. The Labute approximate surface area is 174 Å². The molecule has 0 saturated heterocycles. The van der Waals surface area contributed by atoms with Crippen LogP contribution in [0.5, 0.6) is 0 Å². The van der Waals surface area contributed by atoms with E-state index in [0.29, 0.717) is 18.6 Å². The fourth-order valence-electron chi connectivity index (χ4n) is 3.90. The number of hydrogen-bond donors (Lipinski definition) is 3. The van der Waals surface area contributed by atoms with Crippen LogP contribution in [0.15, 0.2) is 12.2 Å². The van der Waals surface area contributed by atoms with Crippen LogP contribution in [-0.2, 0) is 9.59 Å². The Balaban J connectivity index is 2.57. The molecule has 0 aromatic carbocycles. The fourth-order valence-corrected chi connectivity index (χ4v) is 5.09. The molecule has 1 rings (SSSR count). The van der Waals surface area contributed by atoms with E-state index >= 15 is 0 Å². The second-order valence-electron chi connectivity index (χ2n) is 7.78. The average Bonchev–Trinajstić information content (AvgIpc) is 2.95. The summed E-state index contributed by atoms with van der Waals surface area (Å²) in [5, 5.41) is 28.2. The molecule has 1 saturated carbocycles. The van der Waals surface area contributed by atoms with Gasteiger partial charge in [0.2, 0.25) is 0 Å². The minimum atomic E-state index is -0.752. The van der Waals surface area contributed by atoms with E-state index in [-0.39, 0.29) is 35.9 Å². The molecule has 1 unspecified atom stereocenters. The van der Waals surface area contributed by atoms with E-state index in [1.165, 1.54) is 0 Å². The molecular formula is C22H38O5S. The number of carbonyl (C=O) groups excluding carboxylic acids is 1. The molecule has 1 aliphatic carbocycles. The van der Waals surface area contributed by atoms with Crippen LogP contribution in [0, 0.1) is 11.8 Å².